The highest BCUT2D eigenvalue weighted by Gasteiger charge is 2.27. The number of hydrogen-bond acceptors (Lipinski definition) is 5. The van der Waals surface area contributed by atoms with Gasteiger partial charge >= 0.3 is 5.97 Å². The Morgan fingerprint density at radius 2 is 2.05 bits per heavy atom. The van der Waals surface area contributed by atoms with Gasteiger partial charge in [0.15, 0.2) is 0 Å². The number of carbonyl (C=O) groups is 1. The molecule has 0 spiro atoms. The Morgan fingerprint density at radius 1 is 1.24 bits per heavy atom. The van der Waals surface area contributed by atoms with E-state index in [1.807, 2.05) is 25.1 Å². The molecule has 1 N–H and O–H groups in total. The van der Waals surface area contributed by atoms with Gasteiger partial charge in [0.05, 0.1) is 25.4 Å². The lowest BCUT2D eigenvalue weighted by atomic mass is 10.0. The summed E-state index contributed by atoms with van der Waals surface area (Å²) in [6.45, 7) is 7.16. The summed E-state index contributed by atoms with van der Waals surface area (Å²) in [5, 5.41) is 10.7. The molecule has 5 nitrogen and oxygen atoms in total. The number of β-amino-alcohol motifs (C(OH)–C–C–N with tert-alkyl or cyclic N) is 1. The van der Waals surface area contributed by atoms with Gasteiger partial charge in [0.25, 0.3) is 0 Å². The first kappa shape index (κ1) is 29.0. The Kier molecular flexibility index (Phi) is 11.2. The average Bonchev–Trinajstić information content (AvgIpc) is 3.29. The normalized spacial score (nSPS) is 17.8. The SMILES string of the molecule is CCOC(=O)CCC=Cc1c(F)cccc1[C@@H](C)OC[C@H](O)CN1CCC[C@H]1Cc1ccc(C)c(F)c1. The van der Waals surface area contributed by atoms with Crippen molar-refractivity contribution >= 4 is 12.0 Å². The molecular weight excluding hydrogens is 476 g/mol. The second-order valence-corrected chi connectivity index (χ2v) is 9.70. The van der Waals surface area contributed by atoms with Crippen LogP contribution in [0.5, 0.6) is 0 Å². The van der Waals surface area contributed by atoms with E-state index in [9.17, 15) is 18.7 Å². The summed E-state index contributed by atoms with van der Waals surface area (Å²) in [6, 6.07) is 10.5. The van der Waals surface area contributed by atoms with Gasteiger partial charge in [-0.3, -0.25) is 9.69 Å². The van der Waals surface area contributed by atoms with E-state index in [1.54, 1.807) is 38.1 Å². The number of aliphatic hydroxyl groups excluding tert-OH is 1. The molecule has 1 fully saturated rings. The van der Waals surface area contributed by atoms with Crippen LogP contribution in [0.25, 0.3) is 6.08 Å². The molecular formula is C30H39F2NO4. The molecule has 202 valence electrons. The fourth-order valence-electron chi connectivity index (χ4n) is 4.79. The summed E-state index contributed by atoms with van der Waals surface area (Å²) in [6.07, 6.45) is 5.78. The number of benzene rings is 2. The van der Waals surface area contributed by atoms with Gasteiger partial charge in [-0.15, -0.1) is 0 Å². The number of nitrogens with zero attached hydrogens (tertiary/aromatic N) is 1. The van der Waals surface area contributed by atoms with E-state index in [2.05, 4.69) is 4.90 Å². The number of aryl methyl sites for hydroxylation is 1. The summed E-state index contributed by atoms with van der Waals surface area (Å²) < 4.78 is 39.4. The van der Waals surface area contributed by atoms with E-state index in [-0.39, 0.29) is 36.7 Å². The van der Waals surface area contributed by atoms with Crippen LogP contribution in [0.3, 0.4) is 0 Å². The maximum atomic E-state index is 14.6. The van der Waals surface area contributed by atoms with Gasteiger partial charge in [-0.05, 0) is 81.8 Å². The summed E-state index contributed by atoms with van der Waals surface area (Å²) in [5.74, 6) is -0.832. The lowest BCUT2D eigenvalue weighted by molar-refractivity contribution is -0.143. The highest BCUT2D eigenvalue weighted by molar-refractivity contribution is 5.69. The minimum absolute atomic E-state index is 0.117. The zero-order valence-electron chi connectivity index (χ0n) is 22.1. The Balaban J connectivity index is 1.53. The van der Waals surface area contributed by atoms with E-state index < -0.39 is 12.2 Å². The molecule has 7 heteroatoms. The molecule has 3 atom stereocenters. The summed E-state index contributed by atoms with van der Waals surface area (Å²) in [4.78, 5) is 13.8. The number of hydrogen-bond donors (Lipinski definition) is 1. The molecule has 0 bridgehead atoms. The summed E-state index contributed by atoms with van der Waals surface area (Å²) in [5.41, 5.74) is 2.70. The lowest BCUT2D eigenvalue weighted by Gasteiger charge is -2.27. The third-order valence-corrected chi connectivity index (χ3v) is 6.82. The second kappa shape index (κ2) is 14.4. The molecule has 37 heavy (non-hydrogen) atoms. The van der Waals surface area contributed by atoms with E-state index in [0.717, 1.165) is 31.4 Å². The number of ether oxygens (including phenoxy) is 2. The van der Waals surface area contributed by atoms with Crippen molar-refractivity contribution in [3.8, 4) is 0 Å². The molecule has 1 heterocycles. The van der Waals surface area contributed by atoms with Gasteiger partial charge < -0.3 is 14.6 Å². The fraction of sp³-hybridized carbons (Fsp3) is 0.500. The Labute approximate surface area is 219 Å². The van der Waals surface area contributed by atoms with Gasteiger partial charge in [-0.2, -0.15) is 0 Å². The van der Waals surface area contributed by atoms with Gasteiger partial charge in [-0.25, -0.2) is 8.78 Å². The minimum Gasteiger partial charge on any atom is -0.466 e. The summed E-state index contributed by atoms with van der Waals surface area (Å²) >= 11 is 0. The van der Waals surface area contributed by atoms with Crippen molar-refractivity contribution < 1.29 is 28.2 Å². The number of carbonyl (C=O) groups excluding carboxylic acids is 1. The first-order valence-electron chi connectivity index (χ1n) is 13.2. The molecule has 1 aliphatic rings. The maximum absolute atomic E-state index is 14.6. The van der Waals surface area contributed by atoms with E-state index in [0.29, 0.717) is 36.3 Å². The lowest BCUT2D eigenvalue weighted by Crippen LogP contribution is -2.39. The van der Waals surface area contributed by atoms with Gasteiger partial charge in [-0.1, -0.05) is 36.4 Å². The number of rotatable bonds is 13. The number of allylic oxidation sites excluding steroid dienone is 1. The Morgan fingerprint density at radius 3 is 2.81 bits per heavy atom. The first-order chi connectivity index (χ1) is 17.8. The minimum atomic E-state index is -0.699. The monoisotopic (exact) mass is 515 g/mol. The van der Waals surface area contributed by atoms with Gasteiger partial charge in [0.1, 0.15) is 11.6 Å². The van der Waals surface area contributed by atoms with Crippen LogP contribution in [0.2, 0.25) is 0 Å². The molecule has 1 saturated heterocycles. The number of halogens is 2. The van der Waals surface area contributed by atoms with E-state index in [1.165, 1.54) is 6.07 Å². The quantitative estimate of drug-likeness (QED) is 0.343. The van der Waals surface area contributed by atoms with Crippen LogP contribution < -0.4 is 0 Å². The predicted molar refractivity (Wildman–Crippen MR) is 141 cm³/mol. The van der Waals surface area contributed by atoms with Crippen LogP contribution in [0.1, 0.15) is 67.9 Å². The van der Waals surface area contributed by atoms with Gasteiger partial charge in [0, 0.05) is 24.6 Å². The largest absolute Gasteiger partial charge is 0.466 e. The van der Waals surface area contributed by atoms with Crippen LogP contribution in [-0.2, 0) is 20.7 Å². The zero-order chi connectivity index (χ0) is 26.8. The van der Waals surface area contributed by atoms with Crippen LogP contribution in [0, 0.1) is 18.6 Å². The maximum Gasteiger partial charge on any atom is 0.306 e. The van der Waals surface area contributed by atoms with Crippen LogP contribution in [0.4, 0.5) is 8.78 Å². The molecule has 2 aromatic rings. The number of aliphatic hydroxyl groups is 1. The van der Waals surface area contributed by atoms with Crippen molar-refractivity contribution in [2.75, 3.05) is 26.3 Å². The fourth-order valence-corrected chi connectivity index (χ4v) is 4.79. The second-order valence-electron chi connectivity index (χ2n) is 9.70. The van der Waals surface area contributed by atoms with Crippen molar-refractivity contribution in [2.45, 2.75) is 71.1 Å². The number of likely N-dealkylation sites (tertiary alicyclic amines) is 1. The Hall–Kier alpha value is -2.61. The molecule has 0 saturated carbocycles. The molecule has 0 radical (unpaired) electrons. The summed E-state index contributed by atoms with van der Waals surface area (Å²) in [7, 11) is 0. The van der Waals surface area contributed by atoms with Crippen molar-refractivity contribution in [3.05, 3.63) is 76.4 Å². The molecule has 2 aromatic carbocycles. The Bertz CT molecular complexity index is 1060. The topological polar surface area (TPSA) is 59.0 Å². The highest BCUT2D eigenvalue weighted by Crippen LogP contribution is 2.26. The number of esters is 1. The molecule has 3 rings (SSSR count). The zero-order valence-corrected chi connectivity index (χ0v) is 22.1. The van der Waals surface area contributed by atoms with Crippen molar-refractivity contribution in [2.24, 2.45) is 0 Å². The highest BCUT2D eigenvalue weighted by atomic mass is 19.1. The van der Waals surface area contributed by atoms with Crippen LogP contribution >= 0.6 is 0 Å². The third kappa shape index (κ3) is 8.73. The van der Waals surface area contributed by atoms with E-state index in [4.69, 9.17) is 9.47 Å². The molecule has 0 aliphatic carbocycles. The van der Waals surface area contributed by atoms with Crippen molar-refractivity contribution in [1.82, 2.24) is 4.90 Å². The average molecular weight is 516 g/mol. The van der Waals surface area contributed by atoms with Crippen LogP contribution in [-0.4, -0.2) is 54.4 Å². The first-order valence-corrected chi connectivity index (χ1v) is 13.2. The molecule has 1 aliphatic heterocycles. The molecule has 0 amide bonds. The van der Waals surface area contributed by atoms with E-state index >= 15 is 0 Å². The molecule has 0 unspecified atom stereocenters. The van der Waals surface area contributed by atoms with Crippen molar-refractivity contribution in [3.63, 3.8) is 0 Å². The van der Waals surface area contributed by atoms with Crippen molar-refractivity contribution in [1.29, 1.82) is 0 Å². The predicted octanol–water partition coefficient (Wildman–Crippen LogP) is 5.78. The van der Waals surface area contributed by atoms with Crippen LogP contribution in [0.15, 0.2) is 42.5 Å². The standard InChI is InChI=1S/C30H39F2NO4/c1-4-36-30(35)13-6-5-10-27-26(11-7-12-28(27)31)22(3)37-20-25(34)19-33-16-8-9-24(33)17-23-15-14-21(2)29(32)18-23/h5,7,10-12,14-15,18,22,24-25,34H,4,6,8-9,13,16-17,19-20H2,1-3H3/t22-,24+,25-/m1/s1. The third-order valence-electron chi connectivity index (χ3n) is 6.82. The molecule has 0 aromatic heterocycles. The smallest absolute Gasteiger partial charge is 0.306 e. The van der Waals surface area contributed by atoms with Gasteiger partial charge in [0.2, 0.25) is 0 Å².